The molecule has 9 nitrogen and oxygen atoms in total. The second kappa shape index (κ2) is 5.09. The number of aromatic amines is 1. The fraction of sp³-hybridized carbons (Fsp3) is 0.300. The van der Waals surface area contributed by atoms with E-state index in [2.05, 4.69) is 30.2 Å². The van der Waals surface area contributed by atoms with Crippen molar-refractivity contribution in [1.82, 2.24) is 29.3 Å². The van der Waals surface area contributed by atoms with Crippen molar-refractivity contribution in [2.24, 2.45) is 0 Å². The summed E-state index contributed by atoms with van der Waals surface area (Å²) in [7, 11) is -2.14. The van der Waals surface area contributed by atoms with Crippen LogP contribution in [-0.4, -0.2) is 40.0 Å². The number of fused-ring (bicyclic) bond motifs is 1. The minimum Gasteiger partial charge on any atom is -0.371 e. The average Bonchev–Trinajstić information content (AvgIpc) is 3.13. The number of nitrogens with zero attached hydrogens (tertiary/aromatic N) is 4. The highest BCUT2D eigenvalue weighted by molar-refractivity contribution is 7.89. The Kier molecular flexibility index (Phi) is 3.39. The zero-order valence-corrected chi connectivity index (χ0v) is 12.9. The van der Waals surface area contributed by atoms with Gasteiger partial charge >= 0.3 is 0 Å². The van der Waals surface area contributed by atoms with Crippen LogP contribution in [0.15, 0.2) is 22.9 Å². The van der Waals surface area contributed by atoms with Crippen molar-refractivity contribution in [1.29, 1.82) is 0 Å². The molecule has 3 aromatic rings. The van der Waals surface area contributed by atoms with E-state index in [4.69, 9.17) is 0 Å². The summed E-state index contributed by atoms with van der Waals surface area (Å²) >= 11 is 1.36. The molecule has 0 aliphatic heterocycles. The van der Waals surface area contributed by atoms with Crippen molar-refractivity contribution >= 4 is 32.1 Å². The van der Waals surface area contributed by atoms with Crippen molar-refractivity contribution in [3.63, 3.8) is 0 Å². The first-order valence-corrected chi connectivity index (χ1v) is 8.40. The molecule has 3 aromatic heterocycles. The zero-order valence-electron chi connectivity index (χ0n) is 11.2. The van der Waals surface area contributed by atoms with Crippen LogP contribution in [0.5, 0.6) is 0 Å². The number of hydrogen-bond donors (Lipinski definition) is 3. The molecule has 11 heteroatoms. The molecule has 0 radical (unpaired) electrons. The van der Waals surface area contributed by atoms with Crippen molar-refractivity contribution in [3.8, 4) is 0 Å². The Morgan fingerprint density at radius 2 is 2.29 bits per heavy atom. The maximum Gasteiger partial charge on any atom is 0.261 e. The number of anilines is 1. The van der Waals surface area contributed by atoms with E-state index in [-0.39, 0.29) is 5.03 Å². The van der Waals surface area contributed by atoms with E-state index in [9.17, 15) is 8.42 Å². The van der Waals surface area contributed by atoms with Gasteiger partial charge in [0.1, 0.15) is 12.2 Å². The van der Waals surface area contributed by atoms with Crippen LogP contribution in [0.1, 0.15) is 18.8 Å². The largest absolute Gasteiger partial charge is 0.371 e. The van der Waals surface area contributed by atoms with E-state index in [0.29, 0.717) is 16.6 Å². The van der Waals surface area contributed by atoms with Crippen LogP contribution in [0.25, 0.3) is 4.96 Å². The molecule has 0 spiro atoms. The molecule has 0 saturated heterocycles. The van der Waals surface area contributed by atoms with Crippen LogP contribution < -0.4 is 10.0 Å². The normalized spacial score (nSPS) is 13.6. The lowest BCUT2D eigenvalue weighted by atomic mass is 10.3. The van der Waals surface area contributed by atoms with Gasteiger partial charge in [-0.2, -0.15) is 9.82 Å². The fourth-order valence-corrected chi connectivity index (χ4v) is 4.22. The average molecular weight is 327 g/mol. The molecule has 21 heavy (non-hydrogen) atoms. The number of sulfonamides is 1. The summed E-state index contributed by atoms with van der Waals surface area (Å²) in [6.45, 7) is 1.68. The molecular weight excluding hydrogens is 314 g/mol. The molecule has 3 heterocycles. The van der Waals surface area contributed by atoms with Crippen molar-refractivity contribution in [3.05, 3.63) is 23.7 Å². The third-order valence-electron chi connectivity index (χ3n) is 2.89. The van der Waals surface area contributed by atoms with Gasteiger partial charge in [0.15, 0.2) is 15.8 Å². The molecule has 0 aromatic carbocycles. The van der Waals surface area contributed by atoms with E-state index in [1.165, 1.54) is 22.1 Å². The Morgan fingerprint density at radius 3 is 2.95 bits per heavy atom. The van der Waals surface area contributed by atoms with E-state index >= 15 is 0 Å². The summed E-state index contributed by atoms with van der Waals surface area (Å²) in [5, 5.41) is 11.0. The molecule has 0 aliphatic rings. The molecule has 112 valence electrons. The van der Waals surface area contributed by atoms with E-state index in [0.717, 1.165) is 0 Å². The minimum absolute atomic E-state index is 0.0765. The Morgan fingerprint density at radius 1 is 1.48 bits per heavy atom. The van der Waals surface area contributed by atoms with E-state index in [1.54, 1.807) is 25.5 Å². The highest BCUT2D eigenvalue weighted by Gasteiger charge is 2.28. The zero-order chi connectivity index (χ0) is 15.0. The van der Waals surface area contributed by atoms with Crippen LogP contribution in [0.2, 0.25) is 0 Å². The summed E-state index contributed by atoms with van der Waals surface area (Å²) in [5.41, 5.74) is 0. The first-order chi connectivity index (χ1) is 10.0. The monoisotopic (exact) mass is 327 g/mol. The SMILES string of the molecule is CNc1nc2sccn2c1S(=O)(=O)NC(C)c1ncn[nH]1. The molecule has 0 aliphatic carbocycles. The lowest BCUT2D eigenvalue weighted by molar-refractivity contribution is 0.556. The van der Waals surface area contributed by atoms with Crippen LogP contribution >= 0.6 is 11.3 Å². The first-order valence-electron chi connectivity index (χ1n) is 6.04. The molecule has 3 N–H and O–H groups in total. The molecule has 0 amide bonds. The van der Waals surface area contributed by atoms with Gasteiger partial charge in [0.05, 0.1) is 6.04 Å². The standard InChI is InChI=1S/C10H13N7O2S2/c1-6(7-12-5-13-15-7)16-21(18,19)9-8(11-2)14-10-17(9)3-4-20-10/h3-6,11,16H,1-2H3,(H,12,13,15). The third kappa shape index (κ3) is 2.39. The quantitative estimate of drug-likeness (QED) is 0.631. The van der Waals surface area contributed by atoms with Crippen LogP contribution in [-0.2, 0) is 10.0 Å². The molecular formula is C10H13N7O2S2. The Bertz CT molecular complexity index is 849. The number of hydrogen-bond acceptors (Lipinski definition) is 7. The number of H-pyrrole nitrogens is 1. The van der Waals surface area contributed by atoms with Crippen LogP contribution in [0.3, 0.4) is 0 Å². The van der Waals surface area contributed by atoms with E-state index in [1.807, 2.05) is 0 Å². The van der Waals surface area contributed by atoms with Gasteiger partial charge in [0, 0.05) is 18.6 Å². The van der Waals surface area contributed by atoms with E-state index < -0.39 is 16.1 Å². The minimum atomic E-state index is -3.77. The van der Waals surface area contributed by atoms with Crippen molar-refractivity contribution < 1.29 is 8.42 Å². The Labute approximate surface area is 124 Å². The predicted molar refractivity (Wildman–Crippen MR) is 77.7 cm³/mol. The molecule has 0 bridgehead atoms. The highest BCUT2D eigenvalue weighted by Crippen LogP contribution is 2.26. The van der Waals surface area contributed by atoms with Gasteiger partial charge < -0.3 is 5.32 Å². The van der Waals surface area contributed by atoms with Crippen LogP contribution in [0.4, 0.5) is 5.82 Å². The highest BCUT2D eigenvalue weighted by atomic mass is 32.2. The van der Waals surface area contributed by atoms with Gasteiger partial charge in [0.2, 0.25) is 0 Å². The predicted octanol–water partition coefficient (Wildman–Crippen LogP) is 0.595. The number of aromatic nitrogens is 5. The van der Waals surface area contributed by atoms with Gasteiger partial charge in [-0.05, 0) is 6.92 Å². The van der Waals surface area contributed by atoms with Crippen molar-refractivity contribution in [2.45, 2.75) is 18.0 Å². The number of thiazole rings is 1. The van der Waals surface area contributed by atoms with Crippen molar-refractivity contribution in [2.75, 3.05) is 12.4 Å². The summed E-state index contributed by atoms with van der Waals surface area (Å²) < 4.78 is 29.3. The third-order valence-corrected chi connectivity index (χ3v) is 5.20. The number of imidazole rings is 1. The smallest absolute Gasteiger partial charge is 0.261 e. The first kappa shape index (κ1) is 14.0. The molecule has 0 saturated carbocycles. The summed E-state index contributed by atoms with van der Waals surface area (Å²) in [6.07, 6.45) is 3.00. The summed E-state index contributed by atoms with van der Waals surface area (Å²) in [6, 6.07) is -0.536. The molecule has 0 fully saturated rings. The lowest BCUT2D eigenvalue weighted by Gasteiger charge is -2.12. The fourth-order valence-electron chi connectivity index (χ4n) is 1.95. The van der Waals surface area contributed by atoms with Crippen LogP contribution in [0, 0.1) is 0 Å². The van der Waals surface area contributed by atoms with Gasteiger partial charge in [-0.3, -0.25) is 9.50 Å². The maximum absolute atomic E-state index is 12.6. The molecule has 1 unspecified atom stereocenters. The van der Waals surface area contributed by atoms with Gasteiger partial charge in [-0.1, -0.05) is 0 Å². The number of nitrogens with one attached hydrogen (secondary N) is 3. The second-order valence-corrected chi connectivity index (χ2v) is 6.79. The number of rotatable bonds is 5. The van der Waals surface area contributed by atoms with Gasteiger partial charge in [0.25, 0.3) is 10.0 Å². The van der Waals surface area contributed by atoms with Gasteiger partial charge in [-0.15, -0.1) is 11.3 Å². The Balaban J connectivity index is 2.02. The molecule has 1 atom stereocenters. The maximum atomic E-state index is 12.6. The topological polar surface area (TPSA) is 117 Å². The molecule has 3 rings (SSSR count). The Hall–Kier alpha value is -1.98. The van der Waals surface area contributed by atoms with Gasteiger partial charge in [-0.25, -0.2) is 18.4 Å². The summed E-state index contributed by atoms with van der Waals surface area (Å²) in [5.74, 6) is 0.745. The lowest BCUT2D eigenvalue weighted by Crippen LogP contribution is -2.29. The second-order valence-electron chi connectivity index (χ2n) is 4.28. The summed E-state index contributed by atoms with van der Waals surface area (Å²) in [4.78, 5) is 8.79.